The Kier molecular flexibility index (Phi) is 7.16. The number of aliphatic hydroxyl groups is 1. The zero-order valence-corrected chi connectivity index (χ0v) is 26.5. The van der Waals surface area contributed by atoms with Crippen LogP contribution in [0, 0.1) is 33.8 Å². The molecular weight excluding hydrogens is 650 g/mol. The van der Waals surface area contributed by atoms with Gasteiger partial charge in [-0.3, -0.25) is 29.3 Å². The van der Waals surface area contributed by atoms with E-state index in [4.69, 9.17) is 16.0 Å². The van der Waals surface area contributed by atoms with Crippen LogP contribution in [0.4, 0.5) is 17.1 Å². The lowest BCUT2D eigenvalue weighted by Crippen LogP contribution is -2.53. The molecule has 1 saturated carbocycles. The number of aliphatic hydroxyl groups excluding tert-OH is 1. The average Bonchev–Trinajstić information content (AvgIpc) is 3.75. The van der Waals surface area contributed by atoms with Crippen molar-refractivity contribution in [1.29, 1.82) is 0 Å². The Balaban J connectivity index is 1.32. The number of furan rings is 1. The summed E-state index contributed by atoms with van der Waals surface area (Å²) in [5.74, 6) is -5.50. The first-order valence-electron chi connectivity index (χ1n) is 15.9. The molecule has 49 heavy (non-hydrogen) atoms. The molecule has 246 valence electrons. The molecule has 3 heterocycles. The minimum atomic E-state index is -1.51. The molecule has 4 aromatic rings. The first-order chi connectivity index (χ1) is 23.7. The molecule has 8 rings (SSSR count). The van der Waals surface area contributed by atoms with E-state index >= 15 is 4.79 Å². The number of halogens is 1. The zero-order chi connectivity index (χ0) is 34.2. The lowest BCUT2D eigenvalue weighted by atomic mass is 9.50. The fourth-order valence-electron chi connectivity index (χ4n) is 8.69. The summed E-state index contributed by atoms with van der Waals surface area (Å²) >= 11 is 6.34. The Morgan fingerprint density at radius 3 is 2.29 bits per heavy atom. The third kappa shape index (κ3) is 4.38. The van der Waals surface area contributed by atoms with Crippen molar-refractivity contribution >= 4 is 52.3 Å². The lowest BCUT2D eigenvalue weighted by molar-refractivity contribution is -0.384. The summed E-state index contributed by atoms with van der Waals surface area (Å²) in [5, 5.41) is 21.8. The van der Waals surface area contributed by atoms with Crippen molar-refractivity contribution in [2.75, 3.05) is 9.80 Å². The van der Waals surface area contributed by atoms with Crippen LogP contribution in [-0.4, -0.2) is 33.7 Å². The standard InChI is InChI=1S/C37H28ClN3O8/c38-21-8-4-9-22(16-21)40-34(44)29-18-28-26(13-14-27-31(28)35(45)39(33(27)43)23-10-5-11-24(17-23)41(47)48)32(30-15-12-25(19-42)49-30)37(29,36(40)46)20-6-2-1-3-7-20/h1-13,15-17,27-29,31-32,42H,14,18-19H2/t27-,28+,29-,31-,32+,37+/m0/s1. The molecule has 2 saturated heterocycles. The Bertz CT molecular complexity index is 2110. The van der Waals surface area contributed by atoms with Crippen molar-refractivity contribution in [2.24, 2.45) is 23.7 Å². The fraction of sp³-hybridized carbons (Fsp3) is 0.243. The number of benzene rings is 3. The molecule has 2 aliphatic heterocycles. The second kappa shape index (κ2) is 11.4. The number of allylic oxidation sites excluding steroid dienone is 2. The molecule has 11 nitrogen and oxygen atoms in total. The largest absolute Gasteiger partial charge is 0.463 e. The van der Waals surface area contributed by atoms with Crippen molar-refractivity contribution < 1.29 is 33.6 Å². The summed E-state index contributed by atoms with van der Waals surface area (Å²) < 4.78 is 6.18. The van der Waals surface area contributed by atoms with Crippen LogP contribution in [0.25, 0.3) is 0 Å². The van der Waals surface area contributed by atoms with Crippen LogP contribution in [0.15, 0.2) is 107 Å². The van der Waals surface area contributed by atoms with E-state index in [1.165, 1.54) is 29.2 Å². The number of imide groups is 2. The number of nitro groups is 1. The summed E-state index contributed by atoms with van der Waals surface area (Å²) in [7, 11) is 0. The third-order valence-electron chi connectivity index (χ3n) is 10.6. The summed E-state index contributed by atoms with van der Waals surface area (Å²) in [6.45, 7) is -0.395. The van der Waals surface area contributed by atoms with Gasteiger partial charge in [0, 0.05) is 17.2 Å². The van der Waals surface area contributed by atoms with Gasteiger partial charge in [0.25, 0.3) is 5.69 Å². The number of hydrogen-bond acceptors (Lipinski definition) is 8. The summed E-state index contributed by atoms with van der Waals surface area (Å²) in [6.07, 6.45) is 2.14. The first kappa shape index (κ1) is 30.9. The van der Waals surface area contributed by atoms with Gasteiger partial charge in [-0.05, 0) is 60.7 Å². The van der Waals surface area contributed by atoms with Crippen LogP contribution in [-0.2, 0) is 31.2 Å². The first-order valence-corrected chi connectivity index (χ1v) is 16.3. The molecule has 0 spiro atoms. The van der Waals surface area contributed by atoms with Gasteiger partial charge >= 0.3 is 0 Å². The maximum atomic E-state index is 15.1. The van der Waals surface area contributed by atoms with Gasteiger partial charge in [-0.1, -0.05) is 65.7 Å². The number of rotatable bonds is 6. The number of non-ortho nitro benzene ring substituents is 1. The Labute approximate surface area is 284 Å². The molecular formula is C37H28ClN3O8. The molecule has 2 aliphatic carbocycles. The van der Waals surface area contributed by atoms with E-state index in [-0.39, 0.29) is 30.0 Å². The number of hydrogen-bond donors (Lipinski definition) is 1. The van der Waals surface area contributed by atoms with Crippen molar-refractivity contribution in [2.45, 2.75) is 30.8 Å². The second-order valence-electron chi connectivity index (χ2n) is 12.8. The van der Waals surface area contributed by atoms with E-state index < -0.39 is 70.2 Å². The molecule has 1 N–H and O–H groups in total. The van der Waals surface area contributed by atoms with Crippen LogP contribution in [0.5, 0.6) is 0 Å². The van der Waals surface area contributed by atoms with E-state index in [1.807, 2.05) is 24.3 Å². The predicted octanol–water partition coefficient (Wildman–Crippen LogP) is 5.70. The molecule has 0 unspecified atom stereocenters. The average molecular weight is 678 g/mol. The van der Waals surface area contributed by atoms with Crippen molar-refractivity contribution in [3.8, 4) is 0 Å². The van der Waals surface area contributed by atoms with Gasteiger partial charge in [0.1, 0.15) is 23.5 Å². The quantitative estimate of drug-likeness (QED) is 0.118. The number of fused-ring (bicyclic) bond motifs is 4. The molecule has 0 bridgehead atoms. The summed E-state index contributed by atoms with van der Waals surface area (Å²) in [6, 6.07) is 24.2. The number of amides is 4. The fourth-order valence-corrected chi connectivity index (χ4v) is 8.87. The van der Waals surface area contributed by atoms with E-state index in [0.717, 1.165) is 4.90 Å². The number of nitrogens with zero attached hydrogens (tertiary/aromatic N) is 3. The third-order valence-corrected chi connectivity index (χ3v) is 10.8. The minimum absolute atomic E-state index is 0.0788. The molecule has 4 aliphatic rings. The maximum absolute atomic E-state index is 15.1. The number of carbonyl (C=O) groups is 4. The zero-order valence-electron chi connectivity index (χ0n) is 25.8. The summed E-state index contributed by atoms with van der Waals surface area (Å²) in [4.78, 5) is 71.3. The van der Waals surface area contributed by atoms with E-state index in [9.17, 15) is 29.6 Å². The molecule has 12 heteroatoms. The Morgan fingerprint density at radius 1 is 0.857 bits per heavy atom. The van der Waals surface area contributed by atoms with E-state index in [0.29, 0.717) is 27.6 Å². The second-order valence-corrected chi connectivity index (χ2v) is 13.3. The molecule has 4 amide bonds. The lowest BCUT2D eigenvalue weighted by Gasteiger charge is -2.49. The van der Waals surface area contributed by atoms with Gasteiger partial charge in [0.05, 0.1) is 40.0 Å². The highest BCUT2D eigenvalue weighted by atomic mass is 35.5. The van der Waals surface area contributed by atoms with Crippen LogP contribution in [0.1, 0.15) is 35.8 Å². The Hall–Kier alpha value is -5.39. The number of nitro benzene ring substituents is 1. The SMILES string of the molecule is O=C1[C@H]2[C@H](CC=C3[C@H]2C[C@H]2C(=O)N(c4cccc(Cl)c4)C(=O)[C@@]2(c2ccccc2)[C@H]3c2ccc(CO)o2)C(=O)N1c1cccc([N+](=O)[O-])c1. The highest BCUT2D eigenvalue weighted by molar-refractivity contribution is 6.32. The predicted molar refractivity (Wildman–Crippen MR) is 176 cm³/mol. The van der Waals surface area contributed by atoms with Crippen molar-refractivity contribution in [3.05, 3.63) is 135 Å². The van der Waals surface area contributed by atoms with Gasteiger partial charge in [0.15, 0.2) is 0 Å². The van der Waals surface area contributed by atoms with Crippen LogP contribution >= 0.6 is 11.6 Å². The van der Waals surface area contributed by atoms with E-state index in [2.05, 4.69) is 0 Å². The summed E-state index contributed by atoms with van der Waals surface area (Å²) in [5.41, 5.74) is -0.0824. The maximum Gasteiger partial charge on any atom is 0.271 e. The highest BCUT2D eigenvalue weighted by Crippen LogP contribution is 2.64. The van der Waals surface area contributed by atoms with Crippen LogP contribution in [0.2, 0.25) is 5.02 Å². The Morgan fingerprint density at radius 2 is 1.59 bits per heavy atom. The molecule has 3 aromatic carbocycles. The van der Waals surface area contributed by atoms with Crippen LogP contribution < -0.4 is 9.80 Å². The smallest absolute Gasteiger partial charge is 0.271 e. The number of carbonyl (C=O) groups excluding carboxylic acids is 4. The minimum Gasteiger partial charge on any atom is -0.463 e. The van der Waals surface area contributed by atoms with Gasteiger partial charge < -0.3 is 9.52 Å². The molecule has 3 fully saturated rings. The number of anilines is 2. The van der Waals surface area contributed by atoms with Crippen molar-refractivity contribution in [3.63, 3.8) is 0 Å². The van der Waals surface area contributed by atoms with Gasteiger partial charge in [0.2, 0.25) is 23.6 Å². The molecule has 0 radical (unpaired) electrons. The van der Waals surface area contributed by atoms with E-state index in [1.54, 1.807) is 48.5 Å². The van der Waals surface area contributed by atoms with Gasteiger partial charge in [-0.25, -0.2) is 9.80 Å². The molecule has 6 atom stereocenters. The van der Waals surface area contributed by atoms with Crippen LogP contribution in [0.3, 0.4) is 0 Å². The van der Waals surface area contributed by atoms with Crippen molar-refractivity contribution in [1.82, 2.24) is 0 Å². The molecule has 1 aromatic heterocycles. The topological polar surface area (TPSA) is 151 Å². The monoisotopic (exact) mass is 677 g/mol. The van der Waals surface area contributed by atoms with Gasteiger partial charge in [-0.15, -0.1) is 0 Å². The normalized spacial score (nSPS) is 27.6. The highest BCUT2D eigenvalue weighted by Gasteiger charge is 2.71. The van der Waals surface area contributed by atoms with Gasteiger partial charge in [-0.2, -0.15) is 0 Å².